The second-order valence-corrected chi connectivity index (χ2v) is 5.52. The largest absolute Gasteiger partial charge is 0.496 e. The van der Waals surface area contributed by atoms with Gasteiger partial charge in [0.25, 0.3) is 0 Å². The molecular formula is C19H24FNO2. The minimum Gasteiger partial charge on any atom is -0.496 e. The van der Waals surface area contributed by atoms with E-state index >= 15 is 0 Å². The van der Waals surface area contributed by atoms with Gasteiger partial charge in [0.05, 0.1) is 14.2 Å². The first kappa shape index (κ1) is 17.3. The lowest BCUT2D eigenvalue weighted by atomic mass is 9.90. The minimum atomic E-state index is -0.275. The lowest BCUT2D eigenvalue weighted by Crippen LogP contribution is -2.16. The molecule has 2 aromatic rings. The van der Waals surface area contributed by atoms with Crippen LogP contribution in [0.15, 0.2) is 36.4 Å². The fraction of sp³-hybridized carbons (Fsp3) is 0.368. The Labute approximate surface area is 137 Å². The second-order valence-electron chi connectivity index (χ2n) is 5.52. The minimum absolute atomic E-state index is 0.00116. The fourth-order valence-corrected chi connectivity index (χ4v) is 2.86. The highest BCUT2D eigenvalue weighted by Gasteiger charge is 2.17. The number of halogens is 1. The van der Waals surface area contributed by atoms with Gasteiger partial charge in [-0.1, -0.05) is 19.1 Å². The Kier molecular flexibility index (Phi) is 5.99. The summed E-state index contributed by atoms with van der Waals surface area (Å²) in [5, 5.41) is 0. The van der Waals surface area contributed by atoms with Crippen LogP contribution < -0.4 is 15.2 Å². The summed E-state index contributed by atoms with van der Waals surface area (Å²) in [6.45, 7) is 2.52. The standard InChI is InChI=1S/C19H24FNO2/c1-4-14-9-13(5-7-18(14)22-2)10-15(12-21)17-11-16(20)6-8-19(17)23-3/h5-9,11,15H,4,10,12,21H2,1-3H3. The molecule has 0 saturated carbocycles. The van der Waals surface area contributed by atoms with Crippen molar-refractivity contribution in [2.75, 3.05) is 20.8 Å². The van der Waals surface area contributed by atoms with Crippen molar-refractivity contribution in [1.29, 1.82) is 0 Å². The van der Waals surface area contributed by atoms with E-state index in [1.54, 1.807) is 20.3 Å². The quantitative estimate of drug-likeness (QED) is 0.847. The number of ether oxygens (including phenoxy) is 2. The molecule has 2 aromatic carbocycles. The molecule has 0 aliphatic heterocycles. The van der Waals surface area contributed by atoms with Crippen LogP contribution in [0.2, 0.25) is 0 Å². The Morgan fingerprint density at radius 3 is 2.35 bits per heavy atom. The van der Waals surface area contributed by atoms with Crippen molar-refractivity contribution in [2.45, 2.75) is 25.7 Å². The smallest absolute Gasteiger partial charge is 0.123 e. The van der Waals surface area contributed by atoms with Crippen molar-refractivity contribution in [1.82, 2.24) is 0 Å². The van der Waals surface area contributed by atoms with E-state index in [9.17, 15) is 4.39 Å². The monoisotopic (exact) mass is 317 g/mol. The van der Waals surface area contributed by atoms with E-state index in [1.165, 1.54) is 12.1 Å². The van der Waals surface area contributed by atoms with Crippen LogP contribution in [0, 0.1) is 5.82 Å². The number of rotatable bonds is 7. The number of aryl methyl sites for hydroxylation is 1. The molecule has 0 amide bonds. The lowest BCUT2D eigenvalue weighted by molar-refractivity contribution is 0.403. The van der Waals surface area contributed by atoms with E-state index in [0.29, 0.717) is 12.3 Å². The molecule has 0 aliphatic rings. The van der Waals surface area contributed by atoms with Gasteiger partial charge in [-0.3, -0.25) is 0 Å². The van der Waals surface area contributed by atoms with Crippen molar-refractivity contribution >= 4 is 0 Å². The maximum absolute atomic E-state index is 13.6. The van der Waals surface area contributed by atoms with Gasteiger partial charge in [-0.25, -0.2) is 4.39 Å². The SMILES string of the molecule is CCc1cc(CC(CN)c2cc(F)ccc2OC)ccc1OC. The fourth-order valence-electron chi connectivity index (χ4n) is 2.86. The maximum Gasteiger partial charge on any atom is 0.123 e. The summed E-state index contributed by atoms with van der Waals surface area (Å²) in [7, 11) is 3.27. The summed E-state index contributed by atoms with van der Waals surface area (Å²) in [6.07, 6.45) is 1.63. The van der Waals surface area contributed by atoms with Crippen LogP contribution in [-0.4, -0.2) is 20.8 Å². The highest BCUT2D eigenvalue weighted by Crippen LogP contribution is 2.31. The van der Waals surface area contributed by atoms with Gasteiger partial charge in [0.1, 0.15) is 17.3 Å². The molecule has 0 saturated heterocycles. The summed E-state index contributed by atoms with van der Waals surface area (Å²) in [4.78, 5) is 0. The topological polar surface area (TPSA) is 44.5 Å². The number of methoxy groups -OCH3 is 2. The van der Waals surface area contributed by atoms with Crippen LogP contribution in [-0.2, 0) is 12.8 Å². The molecule has 124 valence electrons. The van der Waals surface area contributed by atoms with Crippen LogP contribution >= 0.6 is 0 Å². The Balaban J connectivity index is 2.31. The van der Waals surface area contributed by atoms with Crippen molar-refractivity contribution in [2.24, 2.45) is 5.73 Å². The molecular weight excluding hydrogens is 293 g/mol. The van der Waals surface area contributed by atoms with Gasteiger partial charge in [0.15, 0.2) is 0 Å². The molecule has 4 heteroatoms. The van der Waals surface area contributed by atoms with Gasteiger partial charge >= 0.3 is 0 Å². The number of hydrogen-bond acceptors (Lipinski definition) is 3. The molecule has 2 N–H and O–H groups in total. The third-order valence-corrected chi connectivity index (χ3v) is 4.12. The zero-order chi connectivity index (χ0) is 16.8. The second kappa shape index (κ2) is 7.97. The summed E-state index contributed by atoms with van der Waals surface area (Å²) in [5.41, 5.74) is 9.08. The van der Waals surface area contributed by atoms with E-state index in [0.717, 1.165) is 35.3 Å². The molecule has 0 aromatic heterocycles. The predicted octanol–water partition coefficient (Wildman–Crippen LogP) is 3.69. The normalized spacial score (nSPS) is 12.0. The molecule has 0 aliphatic carbocycles. The van der Waals surface area contributed by atoms with E-state index in [4.69, 9.17) is 15.2 Å². The first-order chi connectivity index (χ1) is 11.1. The summed E-state index contributed by atoms with van der Waals surface area (Å²) in [6, 6.07) is 10.7. The average molecular weight is 317 g/mol. The van der Waals surface area contributed by atoms with Crippen molar-refractivity contribution in [3.63, 3.8) is 0 Å². The van der Waals surface area contributed by atoms with Crippen molar-refractivity contribution < 1.29 is 13.9 Å². The molecule has 3 nitrogen and oxygen atoms in total. The third kappa shape index (κ3) is 4.02. The summed E-state index contributed by atoms with van der Waals surface area (Å²) < 4.78 is 24.3. The molecule has 23 heavy (non-hydrogen) atoms. The molecule has 0 radical (unpaired) electrons. The number of benzene rings is 2. The molecule has 0 heterocycles. The first-order valence-electron chi connectivity index (χ1n) is 7.82. The Morgan fingerprint density at radius 1 is 1.04 bits per heavy atom. The van der Waals surface area contributed by atoms with Crippen molar-refractivity contribution in [3.05, 3.63) is 58.9 Å². The van der Waals surface area contributed by atoms with Gasteiger partial charge in [-0.15, -0.1) is 0 Å². The van der Waals surface area contributed by atoms with Crippen LogP contribution in [0.5, 0.6) is 11.5 Å². The molecule has 1 atom stereocenters. The van der Waals surface area contributed by atoms with Gasteiger partial charge in [-0.2, -0.15) is 0 Å². The molecule has 0 spiro atoms. The van der Waals surface area contributed by atoms with Gasteiger partial charge in [0, 0.05) is 11.5 Å². The van der Waals surface area contributed by atoms with E-state index in [-0.39, 0.29) is 11.7 Å². The van der Waals surface area contributed by atoms with Crippen LogP contribution in [0.3, 0.4) is 0 Å². The van der Waals surface area contributed by atoms with Gasteiger partial charge in [0.2, 0.25) is 0 Å². The number of hydrogen-bond donors (Lipinski definition) is 1. The van der Waals surface area contributed by atoms with E-state index in [1.807, 2.05) is 12.1 Å². The zero-order valence-corrected chi connectivity index (χ0v) is 13.9. The lowest BCUT2D eigenvalue weighted by Gasteiger charge is -2.19. The molecule has 1 unspecified atom stereocenters. The van der Waals surface area contributed by atoms with Gasteiger partial charge in [-0.05, 0) is 54.8 Å². The van der Waals surface area contributed by atoms with Crippen molar-refractivity contribution in [3.8, 4) is 11.5 Å². The molecule has 0 fully saturated rings. The highest BCUT2D eigenvalue weighted by atomic mass is 19.1. The third-order valence-electron chi connectivity index (χ3n) is 4.12. The first-order valence-corrected chi connectivity index (χ1v) is 7.82. The molecule has 2 rings (SSSR count). The van der Waals surface area contributed by atoms with E-state index in [2.05, 4.69) is 13.0 Å². The van der Waals surface area contributed by atoms with Crippen LogP contribution in [0.25, 0.3) is 0 Å². The summed E-state index contributed by atoms with van der Waals surface area (Å²) >= 11 is 0. The number of nitrogens with two attached hydrogens (primary N) is 1. The Morgan fingerprint density at radius 2 is 1.74 bits per heavy atom. The van der Waals surface area contributed by atoms with Crippen LogP contribution in [0.4, 0.5) is 4.39 Å². The van der Waals surface area contributed by atoms with Gasteiger partial charge < -0.3 is 15.2 Å². The van der Waals surface area contributed by atoms with E-state index < -0.39 is 0 Å². The molecule has 0 bridgehead atoms. The Bertz CT molecular complexity index is 658. The summed E-state index contributed by atoms with van der Waals surface area (Å²) in [5.74, 6) is 1.29. The highest BCUT2D eigenvalue weighted by molar-refractivity contribution is 5.41. The zero-order valence-electron chi connectivity index (χ0n) is 13.9. The van der Waals surface area contributed by atoms with Crippen LogP contribution in [0.1, 0.15) is 29.5 Å². The predicted molar refractivity (Wildman–Crippen MR) is 90.8 cm³/mol. The average Bonchev–Trinajstić information content (AvgIpc) is 2.59. The maximum atomic E-state index is 13.6. The Hall–Kier alpha value is -2.07.